The van der Waals surface area contributed by atoms with Crippen LogP contribution in [0.25, 0.3) is 0 Å². The van der Waals surface area contributed by atoms with Crippen molar-refractivity contribution in [3.05, 3.63) is 25.3 Å². The normalized spacial score (nSPS) is 10.3. The number of nitrogens with one attached hydrogen (secondary N) is 2. The average Bonchev–Trinajstić information content (AvgIpc) is 2.32. The molecule has 0 unspecified atom stereocenters. The van der Waals surface area contributed by atoms with Gasteiger partial charge in [0.2, 0.25) is 0 Å². The van der Waals surface area contributed by atoms with Crippen LogP contribution < -0.4 is 10.6 Å². The van der Waals surface area contributed by atoms with Crippen LogP contribution in [-0.2, 0) is 4.74 Å². The highest BCUT2D eigenvalue weighted by Gasteiger charge is 2.15. The third kappa shape index (κ3) is 9.38. The molecule has 20 heavy (non-hydrogen) atoms. The molecule has 0 aromatic heterocycles. The molecule has 1 amide bonds. The lowest BCUT2D eigenvalue weighted by atomic mass is 10.2. The molecule has 0 saturated carbocycles. The second-order valence-corrected chi connectivity index (χ2v) is 5.53. The molecule has 5 nitrogen and oxygen atoms in total. The first kappa shape index (κ1) is 18.4. The van der Waals surface area contributed by atoms with Crippen LogP contribution in [0.2, 0.25) is 0 Å². The van der Waals surface area contributed by atoms with E-state index in [0.29, 0.717) is 31.3 Å². The molecule has 0 heterocycles. The Morgan fingerprint density at radius 3 is 2.15 bits per heavy atom. The van der Waals surface area contributed by atoms with Crippen molar-refractivity contribution in [2.24, 2.45) is 0 Å². The summed E-state index contributed by atoms with van der Waals surface area (Å²) in [4.78, 5) is 13.3. The minimum absolute atomic E-state index is 0.431. The van der Waals surface area contributed by atoms with Crippen LogP contribution in [-0.4, -0.2) is 47.9 Å². The van der Waals surface area contributed by atoms with E-state index in [9.17, 15) is 4.79 Å². The van der Waals surface area contributed by atoms with Crippen LogP contribution in [0.5, 0.6) is 0 Å². The minimum atomic E-state index is -0.489. The largest absolute Gasteiger partial charge is 0.444 e. The first-order valence-corrected chi connectivity index (χ1v) is 6.92. The maximum Gasteiger partial charge on any atom is 0.407 e. The van der Waals surface area contributed by atoms with E-state index in [4.69, 9.17) is 17.0 Å². The zero-order valence-corrected chi connectivity index (χ0v) is 13.4. The molecule has 0 bridgehead atoms. The molecule has 0 aliphatic heterocycles. The number of hydrogen-bond donors (Lipinski definition) is 2. The molecule has 0 aliphatic rings. The van der Waals surface area contributed by atoms with Gasteiger partial charge in [-0.3, -0.25) is 0 Å². The molecule has 6 heteroatoms. The zero-order chi connectivity index (χ0) is 15.6. The van der Waals surface area contributed by atoms with E-state index in [2.05, 4.69) is 23.8 Å². The van der Waals surface area contributed by atoms with Crippen LogP contribution in [0, 0.1) is 0 Å². The van der Waals surface area contributed by atoms with Gasteiger partial charge in [0.15, 0.2) is 5.11 Å². The van der Waals surface area contributed by atoms with E-state index < -0.39 is 11.7 Å². The second kappa shape index (κ2) is 9.36. The molecule has 0 atom stereocenters. The molecule has 114 valence electrons. The van der Waals surface area contributed by atoms with Crippen LogP contribution in [0.3, 0.4) is 0 Å². The summed E-state index contributed by atoms with van der Waals surface area (Å²) >= 11 is 5.25. The fourth-order valence-electron chi connectivity index (χ4n) is 1.31. The fraction of sp³-hybridized carbons (Fsp3) is 0.571. The van der Waals surface area contributed by atoms with E-state index in [1.54, 1.807) is 12.2 Å². The Labute approximate surface area is 127 Å². The Kier molecular flexibility index (Phi) is 8.63. The Balaban J connectivity index is 3.93. The van der Waals surface area contributed by atoms with Crippen LogP contribution in [0.4, 0.5) is 4.79 Å². The van der Waals surface area contributed by atoms with Crippen molar-refractivity contribution in [1.29, 1.82) is 0 Å². The number of carbonyl (C=O) groups is 1. The lowest BCUT2D eigenvalue weighted by Gasteiger charge is -2.23. The Bertz CT molecular complexity index is 341. The number of rotatable bonds is 7. The van der Waals surface area contributed by atoms with Gasteiger partial charge < -0.3 is 20.3 Å². The van der Waals surface area contributed by atoms with E-state index in [1.165, 1.54) is 0 Å². The van der Waals surface area contributed by atoms with Gasteiger partial charge in [0.25, 0.3) is 0 Å². The van der Waals surface area contributed by atoms with E-state index in [1.807, 2.05) is 25.7 Å². The molecule has 0 spiro atoms. The van der Waals surface area contributed by atoms with Crippen LogP contribution in [0.15, 0.2) is 25.3 Å². The highest BCUT2D eigenvalue weighted by Crippen LogP contribution is 2.05. The predicted octanol–water partition coefficient (Wildman–Crippen LogP) is 2.06. The lowest BCUT2D eigenvalue weighted by molar-refractivity contribution is 0.0529. The fourth-order valence-corrected chi connectivity index (χ4v) is 1.56. The van der Waals surface area contributed by atoms with Gasteiger partial charge in [-0.1, -0.05) is 12.2 Å². The van der Waals surface area contributed by atoms with Crippen molar-refractivity contribution >= 4 is 23.4 Å². The minimum Gasteiger partial charge on any atom is -0.444 e. The predicted molar refractivity (Wildman–Crippen MR) is 86.8 cm³/mol. The van der Waals surface area contributed by atoms with E-state index in [0.717, 1.165) is 0 Å². The second-order valence-electron chi connectivity index (χ2n) is 5.14. The van der Waals surface area contributed by atoms with Crippen molar-refractivity contribution in [3.63, 3.8) is 0 Å². The van der Waals surface area contributed by atoms with E-state index >= 15 is 0 Å². The van der Waals surface area contributed by atoms with Gasteiger partial charge in [0.1, 0.15) is 5.60 Å². The third-order valence-corrected chi connectivity index (χ3v) is 2.46. The molecular formula is C14H25N3O2S. The highest BCUT2D eigenvalue weighted by molar-refractivity contribution is 7.80. The number of thiocarbonyl (C=S) groups is 1. The third-order valence-electron chi connectivity index (χ3n) is 2.06. The quantitative estimate of drug-likeness (QED) is 0.428. The summed E-state index contributed by atoms with van der Waals surface area (Å²) < 4.78 is 5.12. The lowest BCUT2D eigenvalue weighted by Crippen LogP contribution is -2.43. The van der Waals surface area contributed by atoms with E-state index in [-0.39, 0.29) is 0 Å². The van der Waals surface area contributed by atoms with Gasteiger partial charge in [-0.25, -0.2) is 4.79 Å². The first-order chi connectivity index (χ1) is 9.30. The van der Waals surface area contributed by atoms with Gasteiger partial charge in [-0.15, -0.1) is 13.2 Å². The van der Waals surface area contributed by atoms with Gasteiger partial charge in [0, 0.05) is 26.2 Å². The molecule has 0 radical (unpaired) electrons. The number of ether oxygens (including phenoxy) is 1. The molecule has 0 aromatic rings. The van der Waals surface area contributed by atoms with Gasteiger partial charge in [-0.2, -0.15) is 0 Å². The molecule has 2 N–H and O–H groups in total. The van der Waals surface area contributed by atoms with Crippen molar-refractivity contribution in [1.82, 2.24) is 15.5 Å². The Morgan fingerprint density at radius 2 is 1.70 bits per heavy atom. The number of carbonyl (C=O) groups excluding carboxylic acids is 1. The van der Waals surface area contributed by atoms with Crippen LogP contribution in [0.1, 0.15) is 20.8 Å². The number of amides is 1. The Morgan fingerprint density at radius 1 is 1.20 bits per heavy atom. The smallest absolute Gasteiger partial charge is 0.407 e. The monoisotopic (exact) mass is 299 g/mol. The summed E-state index contributed by atoms with van der Waals surface area (Å²) in [6.45, 7) is 15.1. The van der Waals surface area contributed by atoms with Gasteiger partial charge >= 0.3 is 6.09 Å². The SMILES string of the molecule is C=CCN(CC=C)C(=S)NCCNC(=O)OC(C)(C)C. The number of alkyl carbamates (subject to hydrolysis) is 1. The van der Waals surface area contributed by atoms with Crippen molar-refractivity contribution in [2.45, 2.75) is 26.4 Å². The van der Waals surface area contributed by atoms with Gasteiger partial charge in [-0.05, 0) is 33.0 Å². The summed E-state index contributed by atoms with van der Waals surface area (Å²) in [7, 11) is 0. The average molecular weight is 299 g/mol. The summed E-state index contributed by atoms with van der Waals surface area (Å²) in [6, 6.07) is 0. The molecular weight excluding hydrogens is 274 g/mol. The van der Waals surface area contributed by atoms with Crippen molar-refractivity contribution < 1.29 is 9.53 Å². The zero-order valence-electron chi connectivity index (χ0n) is 12.6. The molecule has 0 aliphatic carbocycles. The summed E-state index contributed by atoms with van der Waals surface area (Å²) in [6.07, 6.45) is 3.12. The molecule has 0 saturated heterocycles. The first-order valence-electron chi connectivity index (χ1n) is 6.51. The van der Waals surface area contributed by atoms with Gasteiger partial charge in [0.05, 0.1) is 0 Å². The summed E-state index contributed by atoms with van der Waals surface area (Å²) in [5.41, 5.74) is -0.489. The molecule has 0 fully saturated rings. The highest BCUT2D eigenvalue weighted by atomic mass is 32.1. The summed E-state index contributed by atoms with van der Waals surface area (Å²) in [5.74, 6) is 0. The molecule has 0 aromatic carbocycles. The number of hydrogen-bond acceptors (Lipinski definition) is 3. The Hall–Kier alpha value is -1.56. The standard InChI is InChI=1S/C14H25N3O2S/c1-6-10-17(11-7-2)12(20)15-8-9-16-13(18)19-14(3,4)5/h6-7H,1-2,8-11H2,3-5H3,(H,15,20)(H,16,18). The summed E-state index contributed by atoms with van der Waals surface area (Å²) in [5, 5.41) is 6.32. The topological polar surface area (TPSA) is 53.6 Å². The maximum absolute atomic E-state index is 11.4. The van der Waals surface area contributed by atoms with Crippen molar-refractivity contribution in [3.8, 4) is 0 Å². The maximum atomic E-state index is 11.4. The van der Waals surface area contributed by atoms with Crippen LogP contribution >= 0.6 is 12.2 Å². The number of nitrogens with zero attached hydrogens (tertiary/aromatic N) is 1. The molecule has 0 rings (SSSR count). The van der Waals surface area contributed by atoms with Crippen molar-refractivity contribution in [2.75, 3.05) is 26.2 Å².